The molecule has 1 aliphatic heterocycles. The van der Waals surface area contributed by atoms with E-state index >= 15 is 0 Å². The molecule has 0 bridgehead atoms. The predicted molar refractivity (Wildman–Crippen MR) is 109 cm³/mol. The maximum atomic E-state index is 12.9. The summed E-state index contributed by atoms with van der Waals surface area (Å²) in [5, 5.41) is 13.1. The number of phenols is 1. The van der Waals surface area contributed by atoms with Crippen molar-refractivity contribution in [3.63, 3.8) is 0 Å². The number of alkyl halides is 3. The van der Waals surface area contributed by atoms with Crippen LogP contribution in [0.5, 0.6) is 11.5 Å². The van der Waals surface area contributed by atoms with Gasteiger partial charge in [0.1, 0.15) is 5.75 Å². The summed E-state index contributed by atoms with van der Waals surface area (Å²) in [5.41, 5.74) is 0.270. The maximum Gasteiger partial charge on any atom is 0.573 e. The number of hydrogen-bond donors (Lipinski definition) is 2. The van der Waals surface area contributed by atoms with Crippen LogP contribution in [0.25, 0.3) is 22.5 Å². The maximum absolute atomic E-state index is 12.9. The van der Waals surface area contributed by atoms with Crippen LogP contribution in [-0.2, 0) is 0 Å². The smallest absolute Gasteiger partial charge is 0.507 e. The lowest BCUT2D eigenvalue weighted by atomic mass is 10.1. The van der Waals surface area contributed by atoms with Gasteiger partial charge in [0, 0.05) is 12.6 Å². The van der Waals surface area contributed by atoms with Crippen molar-refractivity contribution < 1.29 is 27.4 Å². The van der Waals surface area contributed by atoms with Crippen LogP contribution < -0.4 is 10.1 Å². The molecule has 1 fully saturated rings. The van der Waals surface area contributed by atoms with Gasteiger partial charge in [-0.3, -0.25) is 0 Å². The van der Waals surface area contributed by atoms with Crippen molar-refractivity contribution in [2.24, 2.45) is 0 Å². The van der Waals surface area contributed by atoms with Gasteiger partial charge in [0.25, 0.3) is 6.01 Å². The van der Waals surface area contributed by atoms with Crippen molar-refractivity contribution in [3.8, 4) is 22.8 Å². The molecule has 2 N–H and O–H groups in total. The third-order valence-electron chi connectivity index (χ3n) is 5.10. The Kier molecular flexibility index (Phi) is 5.85. The second-order valence-electron chi connectivity index (χ2n) is 7.23. The Bertz CT molecular complexity index is 1090. The highest BCUT2D eigenvalue weighted by Gasteiger charge is 2.34. The van der Waals surface area contributed by atoms with Crippen LogP contribution in [0.4, 0.5) is 19.2 Å². The van der Waals surface area contributed by atoms with Crippen LogP contribution in [0.1, 0.15) is 19.8 Å². The first-order valence-corrected chi connectivity index (χ1v) is 10.2. The molecule has 0 unspecified atom stereocenters. The fraction of sp³-hybridized carbons (Fsp3) is 0.400. The summed E-state index contributed by atoms with van der Waals surface area (Å²) in [4.78, 5) is 10.9. The highest BCUT2D eigenvalue weighted by molar-refractivity contribution is 6.32. The highest BCUT2D eigenvalue weighted by Crippen LogP contribution is 2.44. The number of nitrogens with one attached hydrogen (secondary N) is 1. The molecule has 0 amide bonds. The molecule has 1 aromatic carbocycles. The lowest BCUT2D eigenvalue weighted by molar-refractivity contribution is -0.274. The summed E-state index contributed by atoms with van der Waals surface area (Å²) in [6, 6.07) is 5.67. The number of hydrogen-bond acceptors (Lipinski definition) is 7. The van der Waals surface area contributed by atoms with Crippen LogP contribution in [0.2, 0.25) is 5.02 Å². The Labute approximate surface area is 180 Å². The van der Waals surface area contributed by atoms with Crippen molar-refractivity contribution >= 4 is 28.8 Å². The fourth-order valence-electron chi connectivity index (χ4n) is 3.66. The molecule has 1 atom stereocenters. The minimum atomic E-state index is -4.99. The van der Waals surface area contributed by atoms with E-state index in [1.807, 2.05) is 0 Å². The second kappa shape index (κ2) is 8.43. The Balaban J connectivity index is 1.65. The van der Waals surface area contributed by atoms with E-state index in [4.69, 9.17) is 16.0 Å². The summed E-state index contributed by atoms with van der Waals surface area (Å²) in [5.74, 6) is -1.19. The van der Waals surface area contributed by atoms with E-state index < -0.39 is 17.9 Å². The topological polar surface area (TPSA) is 83.7 Å². The molecule has 1 saturated heterocycles. The highest BCUT2D eigenvalue weighted by atomic mass is 35.5. The number of oxazole rings is 1. The van der Waals surface area contributed by atoms with E-state index in [0.29, 0.717) is 5.58 Å². The number of aromatic nitrogens is 2. The summed E-state index contributed by atoms with van der Waals surface area (Å²) in [6.45, 7) is 4.98. The summed E-state index contributed by atoms with van der Waals surface area (Å²) >= 11 is 5.90. The molecule has 0 aliphatic carbocycles. The Morgan fingerprint density at radius 2 is 2.10 bits per heavy atom. The first-order valence-electron chi connectivity index (χ1n) is 9.77. The lowest BCUT2D eigenvalue weighted by Crippen LogP contribution is -2.41. The van der Waals surface area contributed by atoms with Gasteiger partial charge in [-0.15, -0.1) is 13.2 Å². The number of aromatic hydroxyl groups is 1. The Morgan fingerprint density at radius 1 is 1.29 bits per heavy atom. The fourth-order valence-corrected chi connectivity index (χ4v) is 3.86. The van der Waals surface area contributed by atoms with Crippen molar-refractivity contribution in [1.82, 2.24) is 14.9 Å². The van der Waals surface area contributed by atoms with Gasteiger partial charge < -0.3 is 24.5 Å². The van der Waals surface area contributed by atoms with Crippen LogP contribution in [0, 0.1) is 0 Å². The summed E-state index contributed by atoms with van der Waals surface area (Å²) in [7, 11) is 0. The van der Waals surface area contributed by atoms with Crippen LogP contribution in [0.15, 0.2) is 28.7 Å². The Morgan fingerprint density at radius 3 is 2.84 bits per heavy atom. The quantitative estimate of drug-likeness (QED) is 0.556. The molecule has 166 valence electrons. The molecule has 3 aromatic rings. The number of phenolic OH excluding ortho intramolecular Hbond substituents is 1. The number of piperidine rings is 1. The van der Waals surface area contributed by atoms with E-state index in [2.05, 4.69) is 31.8 Å². The minimum Gasteiger partial charge on any atom is -0.507 e. The molecule has 0 saturated carbocycles. The lowest BCUT2D eigenvalue weighted by Gasteiger charge is -2.31. The molecule has 4 rings (SSSR count). The van der Waals surface area contributed by atoms with Crippen molar-refractivity contribution in [3.05, 3.63) is 29.3 Å². The van der Waals surface area contributed by atoms with E-state index in [-0.39, 0.29) is 34.0 Å². The van der Waals surface area contributed by atoms with E-state index in [9.17, 15) is 18.3 Å². The molecule has 3 heterocycles. The predicted octanol–water partition coefficient (Wildman–Crippen LogP) is 5.04. The summed E-state index contributed by atoms with van der Waals surface area (Å²) in [6.07, 6.45) is -2.96. The number of benzene rings is 1. The standard InChI is InChI=1S/C20H20ClF3N4O3/c1-2-28-9-3-4-11(10-28)25-19-27-18-15(30-19)8-6-13(26-18)16-14(29)7-5-12(21)17(16)31-20(22,23)24/h5-8,11,29H,2-4,9-10H2,1H3,(H,25,26,27)/t11-/m1/s1. The van der Waals surface area contributed by atoms with Crippen molar-refractivity contribution in [1.29, 1.82) is 0 Å². The number of likely N-dealkylation sites (N-methyl/N-ethyl adjacent to an activating group) is 1. The van der Waals surface area contributed by atoms with E-state index in [1.54, 1.807) is 0 Å². The summed E-state index contributed by atoms with van der Waals surface area (Å²) < 4.78 is 48.3. The van der Waals surface area contributed by atoms with Crippen molar-refractivity contribution in [2.45, 2.75) is 32.2 Å². The molecule has 7 nitrogen and oxygen atoms in total. The van der Waals surface area contributed by atoms with Gasteiger partial charge in [-0.05, 0) is 50.2 Å². The van der Waals surface area contributed by atoms with Gasteiger partial charge in [-0.1, -0.05) is 18.5 Å². The van der Waals surface area contributed by atoms with Gasteiger partial charge in [-0.2, -0.15) is 4.98 Å². The number of rotatable bonds is 5. The van der Waals surface area contributed by atoms with Crippen LogP contribution in [0.3, 0.4) is 0 Å². The number of pyridine rings is 1. The number of nitrogens with zero attached hydrogens (tertiary/aromatic N) is 3. The molecule has 11 heteroatoms. The first-order chi connectivity index (χ1) is 14.7. The minimum absolute atomic E-state index is 0.0152. The number of ether oxygens (including phenoxy) is 1. The third-order valence-corrected chi connectivity index (χ3v) is 5.39. The molecule has 0 spiro atoms. The average molecular weight is 457 g/mol. The van der Waals surface area contributed by atoms with E-state index in [0.717, 1.165) is 38.5 Å². The average Bonchev–Trinajstić information content (AvgIpc) is 3.11. The van der Waals surface area contributed by atoms with Gasteiger partial charge in [0.05, 0.1) is 16.3 Å². The number of likely N-dealkylation sites (tertiary alicyclic amines) is 1. The second-order valence-corrected chi connectivity index (χ2v) is 7.64. The molecular weight excluding hydrogens is 437 g/mol. The molecule has 1 aliphatic rings. The zero-order valence-corrected chi connectivity index (χ0v) is 17.3. The van der Waals surface area contributed by atoms with E-state index in [1.165, 1.54) is 18.2 Å². The number of halogens is 4. The molecular formula is C20H20ClF3N4O3. The monoisotopic (exact) mass is 456 g/mol. The van der Waals surface area contributed by atoms with Gasteiger partial charge in [0.15, 0.2) is 11.3 Å². The van der Waals surface area contributed by atoms with Gasteiger partial charge in [-0.25, -0.2) is 4.98 Å². The van der Waals surface area contributed by atoms with Crippen molar-refractivity contribution in [2.75, 3.05) is 25.0 Å². The molecule has 0 radical (unpaired) electrons. The normalized spacial score (nSPS) is 17.8. The molecule has 31 heavy (non-hydrogen) atoms. The number of fused-ring (bicyclic) bond motifs is 1. The largest absolute Gasteiger partial charge is 0.573 e. The van der Waals surface area contributed by atoms with Crippen LogP contribution in [-0.4, -0.2) is 52.0 Å². The van der Waals surface area contributed by atoms with Gasteiger partial charge >= 0.3 is 6.36 Å². The third kappa shape index (κ3) is 4.80. The zero-order valence-electron chi connectivity index (χ0n) is 16.5. The van der Waals surface area contributed by atoms with Crippen LogP contribution >= 0.6 is 11.6 Å². The first kappa shape index (κ1) is 21.5. The molecule has 2 aromatic heterocycles. The number of anilines is 1. The van der Waals surface area contributed by atoms with Gasteiger partial charge in [0.2, 0.25) is 5.65 Å². The zero-order chi connectivity index (χ0) is 22.2. The SMILES string of the molecule is CCN1CCC[C@@H](Nc2nc3nc(-c4c(O)ccc(Cl)c4OC(F)(F)F)ccc3o2)C1. The Hall–Kier alpha value is -2.72.